The van der Waals surface area contributed by atoms with Gasteiger partial charge < -0.3 is 20.0 Å². The van der Waals surface area contributed by atoms with Gasteiger partial charge in [-0.2, -0.15) is 0 Å². The number of carbonyl (C=O) groups is 2. The van der Waals surface area contributed by atoms with Gasteiger partial charge >= 0.3 is 6.03 Å². The second kappa shape index (κ2) is 13.1. The van der Waals surface area contributed by atoms with Gasteiger partial charge in [-0.05, 0) is 58.2 Å². The molecule has 1 saturated carbocycles. The van der Waals surface area contributed by atoms with Gasteiger partial charge in [0.2, 0.25) is 5.91 Å². The van der Waals surface area contributed by atoms with Crippen LogP contribution in [-0.4, -0.2) is 83.6 Å². The van der Waals surface area contributed by atoms with E-state index in [4.69, 9.17) is 11.6 Å². The lowest BCUT2D eigenvalue weighted by atomic mass is 9.98. The number of aliphatic imine (C=N–C) groups is 2. The van der Waals surface area contributed by atoms with Crippen molar-refractivity contribution in [1.29, 1.82) is 0 Å². The summed E-state index contributed by atoms with van der Waals surface area (Å²) in [6.07, 6.45) is 5.96. The van der Waals surface area contributed by atoms with Crippen molar-refractivity contribution in [2.45, 2.75) is 58.5 Å². The van der Waals surface area contributed by atoms with Gasteiger partial charge in [-0.25, -0.2) is 9.79 Å². The molecule has 1 aromatic rings. The van der Waals surface area contributed by atoms with Crippen LogP contribution in [0.4, 0.5) is 4.79 Å². The minimum absolute atomic E-state index is 0.102. The van der Waals surface area contributed by atoms with Crippen LogP contribution in [0.25, 0.3) is 0 Å². The fourth-order valence-electron chi connectivity index (χ4n) is 4.64. The topological polar surface area (TPSA) is 80.6 Å². The Kier molecular flexibility index (Phi) is 10.1. The Morgan fingerprint density at radius 3 is 2.70 bits per heavy atom. The average Bonchev–Trinajstić information content (AvgIpc) is 3.69. The van der Waals surface area contributed by atoms with Crippen molar-refractivity contribution in [1.82, 2.24) is 20.0 Å². The smallest absolute Gasteiger partial charge is 0.318 e. The summed E-state index contributed by atoms with van der Waals surface area (Å²) in [6, 6.07) is 7.28. The molecule has 3 amide bonds. The third-order valence-electron chi connectivity index (χ3n) is 6.86. The summed E-state index contributed by atoms with van der Waals surface area (Å²) < 4.78 is 0. The zero-order chi connectivity index (χ0) is 27.0. The molecule has 1 N–H and O–H groups in total. The van der Waals surface area contributed by atoms with Crippen LogP contribution in [0.5, 0.6) is 0 Å². The third kappa shape index (κ3) is 8.06. The largest absolute Gasteiger partial charge is 0.356 e. The first-order valence-corrected chi connectivity index (χ1v) is 13.6. The monoisotopic (exact) mass is 528 g/mol. The number of benzene rings is 1. The molecular formula is C28H41ClN6O2. The van der Waals surface area contributed by atoms with E-state index in [9.17, 15) is 9.59 Å². The lowest BCUT2D eigenvalue weighted by Gasteiger charge is -2.48. The summed E-state index contributed by atoms with van der Waals surface area (Å²) in [4.78, 5) is 40.9. The quantitative estimate of drug-likeness (QED) is 0.270. The molecule has 0 aromatic heterocycles. The number of hydrogen-bond acceptors (Lipinski definition) is 3. The molecule has 0 radical (unpaired) electrons. The zero-order valence-electron chi connectivity index (χ0n) is 22.6. The highest BCUT2D eigenvalue weighted by molar-refractivity contribution is 6.30. The second-order valence-corrected chi connectivity index (χ2v) is 10.8. The Labute approximate surface area is 226 Å². The van der Waals surface area contributed by atoms with Crippen LogP contribution >= 0.6 is 11.6 Å². The molecule has 0 spiro atoms. The Hall–Kier alpha value is -2.87. The SMILES string of the molecule is C=CCN(CC/C(=N\C=N/CC)N1CCN(C(=O)N[C@@H](C)c2cccc(Cl)c2)C(C)(C)C1)C(=O)C1CC1. The molecule has 9 heteroatoms. The highest BCUT2D eigenvalue weighted by Crippen LogP contribution is 2.31. The molecule has 37 heavy (non-hydrogen) atoms. The van der Waals surface area contributed by atoms with Crippen molar-refractivity contribution < 1.29 is 9.59 Å². The number of urea groups is 1. The molecule has 1 heterocycles. The highest BCUT2D eigenvalue weighted by atomic mass is 35.5. The lowest BCUT2D eigenvalue weighted by Crippen LogP contribution is -2.64. The summed E-state index contributed by atoms with van der Waals surface area (Å²) in [5.74, 6) is 1.25. The number of rotatable bonds is 10. The fraction of sp³-hybridized carbons (Fsp3) is 0.571. The maximum atomic E-state index is 13.3. The number of hydrogen-bond donors (Lipinski definition) is 1. The van der Waals surface area contributed by atoms with Crippen LogP contribution in [0.1, 0.15) is 58.6 Å². The molecule has 2 aliphatic rings. The van der Waals surface area contributed by atoms with E-state index < -0.39 is 5.54 Å². The Morgan fingerprint density at radius 1 is 1.32 bits per heavy atom. The zero-order valence-corrected chi connectivity index (χ0v) is 23.4. The first-order valence-electron chi connectivity index (χ1n) is 13.2. The van der Waals surface area contributed by atoms with Crippen molar-refractivity contribution in [3.05, 3.63) is 47.5 Å². The van der Waals surface area contributed by atoms with E-state index in [0.717, 1.165) is 24.2 Å². The van der Waals surface area contributed by atoms with Crippen molar-refractivity contribution in [3.63, 3.8) is 0 Å². The third-order valence-corrected chi connectivity index (χ3v) is 7.10. The first-order chi connectivity index (χ1) is 17.7. The Bertz CT molecular complexity index is 1020. The van der Waals surface area contributed by atoms with Crippen LogP contribution < -0.4 is 5.32 Å². The number of piperazine rings is 1. The predicted octanol–water partition coefficient (Wildman–Crippen LogP) is 4.77. The summed E-state index contributed by atoms with van der Waals surface area (Å²) in [5, 5.41) is 3.77. The molecule has 0 unspecified atom stereocenters. The summed E-state index contributed by atoms with van der Waals surface area (Å²) in [5.41, 5.74) is 0.538. The maximum absolute atomic E-state index is 13.3. The van der Waals surface area contributed by atoms with Crippen LogP contribution in [0.3, 0.4) is 0 Å². The molecule has 1 atom stereocenters. The van der Waals surface area contributed by atoms with Gasteiger partial charge in [0, 0.05) is 56.6 Å². The van der Waals surface area contributed by atoms with Crippen LogP contribution in [0.2, 0.25) is 5.02 Å². The summed E-state index contributed by atoms with van der Waals surface area (Å²) in [7, 11) is 0. The van der Waals surface area contributed by atoms with Crippen molar-refractivity contribution in [2.24, 2.45) is 15.9 Å². The molecule has 1 aromatic carbocycles. The van der Waals surface area contributed by atoms with E-state index in [1.54, 1.807) is 12.4 Å². The van der Waals surface area contributed by atoms with Crippen molar-refractivity contribution in [2.75, 3.05) is 39.3 Å². The molecule has 1 aliphatic carbocycles. The molecular weight excluding hydrogens is 488 g/mol. The number of halogens is 1. The van der Waals surface area contributed by atoms with Gasteiger partial charge in [0.1, 0.15) is 12.2 Å². The molecule has 3 rings (SSSR count). The van der Waals surface area contributed by atoms with Gasteiger partial charge in [0.05, 0.1) is 11.6 Å². The normalized spacial score (nSPS) is 18.6. The van der Waals surface area contributed by atoms with E-state index >= 15 is 0 Å². The van der Waals surface area contributed by atoms with Crippen LogP contribution in [0.15, 0.2) is 46.9 Å². The molecule has 8 nitrogen and oxygen atoms in total. The van der Waals surface area contributed by atoms with Crippen molar-refractivity contribution >= 4 is 35.7 Å². The van der Waals surface area contributed by atoms with Gasteiger partial charge in [-0.15, -0.1) is 6.58 Å². The Morgan fingerprint density at radius 2 is 2.08 bits per heavy atom. The molecule has 1 aliphatic heterocycles. The highest BCUT2D eigenvalue weighted by Gasteiger charge is 2.38. The van der Waals surface area contributed by atoms with E-state index in [-0.39, 0.29) is 23.9 Å². The minimum atomic E-state index is -0.427. The molecule has 0 bridgehead atoms. The first kappa shape index (κ1) is 28.7. The van der Waals surface area contributed by atoms with Gasteiger partial charge in [-0.1, -0.05) is 29.8 Å². The number of amidine groups is 1. The van der Waals surface area contributed by atoms with E-state index in [2.05, 4.69) is 40.6 Å². The number of carbonyl (C=O) groups excluding carboxylic acids is 2. The van der Waals surface area contributed by atoms with Crippen LogP contribution in [-0.2, 0) is 4.79 Å². The predicted molar refractivity (Wildman–Crippen MR) is 151 cm³/mol. The van der Waals surface area contributed by atoms with Crippen LogP contribution in [0, 0.1) is 5.92 Å². The van der Waals surface area contributed by atoms with Gasteiger partial charge in [-0.3, -0.25) is 9.79 Å². The summed E-state index contributed by atoms with van der Waals surface area (Å²) >= 11 is 6.13. The number of amides is 3. The lowest BCUT2D eigenvalue weighted by molar-refractivity contribution is -0.131. The van der Waals surface area contributed by atoms with Crippen molar-refractivity contribution in [3.8, 4) is 0 Å². The number of nitrogens with zero attached hydrogens (tertiary/aromatic N) is 5. The molecule has 2 fully saturated rings. The second-order valence-electron chi connectivity index (χ2n) is 10.4. The average molecular weight is 529 g/mol. The Balaban J connectivity index is 1.67. The van der Waals surface area contributed by atoms with E-state index in [1.165, 1.54) is 0 Å². The maximum Gasteiger partial charge on any atom is 0.318 e. The van der Waals surface area contributed by atoms with E-state index in [0.29, 0.717) is 50.7 Å². The summed E-state index contributed by atoms with van der Waals surface area (Å²) in [6.45, 7) is 15.5. The molecule has 202 valence electrons. The van der Waals surface area contributed by atoms with Gasteiger partial charge in [0.15, 0.2) is 0 Å². The minimum Gasteiger partial charge on any atom is -0.356 e. The van der Waals surface area contributed by atoms with Gasteiger partial charge in [0.25, 0.3) is 0 Å². The fourth-order valence-corrected chi connectivity index (χ4v) is 4.84. The number of nitrogens with one attached hydrogen (secondary N) is 1. The van der Waals surface area contributed by atoms with E-state index in [1.807, 2.05) is 47.9 Å². The standard InChI is InChI=1S/C28H41ClN6O2/c1-6-14-33(26(36)22-11-12-22)15-13-25(31-20-30-7-2)34-16-17-35(28(4,5)19-34)27(37)32-21(3)23-9-8-10-24(29)18-23/h6,8-10,18,20-22H,1,7,11-17,19H2,2-5H3,(H,32,37)/b30-20-,31-25+/t21-/m0/s1. The molecule has 1 saturated heterocycles.